The van der Waals surface area contributed by atoms with Gasteiger partial charge in [-0.15, -0.1) is 0 Å². The third-order valence-corrected chi connectivity index (χ3v) is 2.46. The first kappa shape index (κ1) is 14.1. The molecule has 0 atom stereocenters. The lowest BCUT2D eigenvalue weighted by atomic mass is 10.2. The molecular formula is C12H18N4O2. The summed E-state index contributed by atoms with van der Waals surface area (Å²) in [4.78, 5) is 35.0. The van der Waals surface area contributed by atoms with Gasteiger partial charge in [-0.25, -0.2) is 9.97 Å². The summed E-state index contributed by atoms with van der Waals surface area (Å²) < 4.78 is 0. The fourth-order valence-electron chi connectivity index (χ4n) is 1.43. The van der Waals surface area contributed by atoms with Gasteiger partial charge in [-0.2, -0.15) is 0 Å². The lowest BCUT2D eigenvalue weighted by Gasteiger charge is -2.15. The molecule has 1 aromatic heterocycles. The molecule has 98 valence electrons. The van der Waals surface area contributed by atoms with Crippen molar-refractivity contribution >= 4 is 11.8 Å². The number of aromatic nitrogens is 2. The van der Waals surface area contributed by atoms with Crippen LogP contribution in [0.3, 0.4) is 0 Å². The highest BCUT2D eigenvalue weighted by atomic mass is 16.2. The van der Waals surface area contributed by atoms with Gasteiger partial charge in [0.2, 0.25) is 0 Å². The van der Waals surface area contributed by atoms with Crippen molar-refractivity contribution in [3.63, 3.8) is 0 Å². The van der Waals surface area contributed by atoms with Crippen LogP contribution in [0.1, 0.15) is 32.4 Å². The standard InChI is InChI=1S/C12H18N4O2/c1-7-9(11(17)15(3)4)14-8(2)10(13-7)12(18)16(5)6/h1-6H3. The quantitative estimate of drug-likeness (QED) is 0.766. The predicted molar refractivity (Wildman–Crippen MR) is 67.5 cm³/mol. The first-order valence-electron chi connectivity index (χ1n) is 5.54. The number of nitrogens with zero attached hydrogens (tertiary/aromatic N) is 4. The normalized spacial score (nSPS) is 10.1. The van der Waals surface area contributed by atoms with Crippen LogP contribution in [0.2, 0.25) is 0 Å². The molecule has 6 heteroatoms. The van der Waals surface area contributed by atoms with Gasteiger partial charge in [0.15, 0.2) is 0 Å². The van der Waals surface area contributed by atoms with Crippen LogP contribution >= 0.6 is 0 Å². The minimum Gasteiger partial charge on any atom is -0.343 e. The van der Waals surface area contributed by atoms with Gasteiger partial charge in [0.05, 0.1) is 11.4 Å². The Morgan fingerprint density at radius 2 is 1.06 bits per heavy atom. The monoisotopic (exact) mass is 250 g/mol. The Labute approximate surface area is 107 Å². The third kappa shape index (κ3) is 2.64. The summed E-state index contributed by atoms with van der Waals surface area (Å²) in [7, 11) is 6.60. The highest BCUT2D eigenvalue weighted by Gasteiger charge is 2.20. The molecule has 18 heavy (non-hydrogen) atoms. The second-order valence-electron chi connectivity index (χ2n) is 4.49. The van der Waals surface area contributed by atoms with E-state index >= 15 is 0 Å². The van der Waals surface area contributed by atoms with Crippen LogP contribution < -0.4 is 0 Å². The zero-order chi connectivity index (χ0) is 14.0. The summed E-state index contributed by atoms with van der Waals surface area (Å²) in [5.74, 6) is -0.432. The van der Waals surface area contributed by atoms with Gasteiger partial charge >= 0.3 is 0 Å². The molecule has 6 nitrogen and oxygen atoms in total. The summed E-state index contributed by atoms with van der Waals surface area (Å²) in [5.41, 5.74) is 1.50. The maximum Gasteiger partial charge on any atom is 0.273 e. The molecule has 0 aromatic carbocycles. The Balaban J connectivity index is 3.29. The van der Waals surface area contributed by atoms with E-state index in [1.165, 1.54) is 9.80 Å². The van der Waals surface area contributed by atoms with Gasteiger partial charge in [0, 0.05) is 28.2 Å². The maximum atomic E-state index is 11.9. The number of amides is 2. The van der Waals surface area contributed by atoms with Crippen molar-refractivity contribution in [3.05, 3.63) is 22.8 Å². The van der Waals surface area contributed by atoms with E-state index in [0.717, 1.165) is 0 Å². The molecule has 0 saturated carbocycles. The number of rotatable bonds is 2. The topological polar surface area (TPSA) is 66.4 Å². The summed E-state index contributed by atoms with van der Waals surface area (Å²) in [6.45, 7) is 3.35. The first-order valence-corrected chi connectivity index (χ1v) is 5.54. The Hall–Kier alpha value is -1.98. The molecule has 0 bridgehead atoms. The molecule has 0 aliphatic rings. The fraction of sp³-hybridized carbons (Fsp3) is 0.500. The molecule has 1 aromatic rings. The van der Waals surface area contributed by atoms with Gasteiger partial charge in [0.25, 0.3) is 11.8 Å². The van der Waals surface area contributed by atoms with Crippen LogP contribution in [0.25, 0.3) is 0 Å². The number of carbonyl (C=O) groups excluding carboxylic acids is 2. The minimum atomic E-state index is -0.216. The maximum absolute atomic E-state index is 11.9. The Morgan fingerprint density at radius 3 is 1.28 bits per heavy atom. The fourth-order valence-corrected chi connectivity index (χ4v) is 1.43. The molecule has 1 rings (SSSR count). The zero-order valence-electron chi connectivity index (χ0n) is 11.6. The summed E-state index contributed by atoms with van der Waals surface area (Å²) >= 11 is 0. The van der Waals surface area contributed by atoms with Crippen molar-refractivity contribution in [2.45, 2.75) is 13.8 Å². The molecule has 2 amide bonds. The second-order valence-corrected chi connectivity index (χ2v) is 4.49. The molecule has 0 spiro atoms. The average molecular weight is 250 g/mol. The van der Waals surface area contributed by atoms with Crippen LogP contribution in [-0.2, 0) is 0 Å². The van der Waals surface area contributed by atoms with E-state index in [4.69, 9.17) is 0 Å². The highest BCUT2D eigenvalue weighted by Crippen LogP contribution is 2.11. The van der Waals surface area contributed by atoms with Crippen molar-refractivity contribution in [3.8, 4) is 0 Å². The van der Waals surface area contributed by atoms with E-state index in [9.17, 15) is 9.59 Å². The number of hydrogen-bond donors (Lipinski definition) is 0. The van der Waals surface area contributed by atoms with E-state index < -0.39 is 0 Å². The minimum absolute atomic E-state index is 0.216. The lowest BCUT2D eigenvalue weighted by Crippen LogP contribution is -2.28. The van der Waals surface area contributed by atoms with Crippen LogP contribution in [0.5, 0.6) is 0 Å². The molecule has 0 N–H and O–H groups in total. The van der Waals surface area contributed by atoms with Crippen molar-refractivity contribution in [1.82, 2.24) is 19.8 Å². The molecule has 0 radical (unpaired) electrons. The zero-order valence-corrected chi connectivity index (χ0v) is 11.6. The largest absolute Gasteiger partial charge is 0.343 e. The number of aryl methyl sites for hydroxylation is 2. The van der Waals surface area contributed by atoms with E-state index in [1.807, 2.05) is 0 Å². The Bertz CT molecular complexity index is 449. The lowest BCUT2D eigenvalue weighted by molar-refractivity contribution is 0.0804. The van der Waals surface area contributed by atoms with Gasteiger partial charge < -0.3 is 9.80 Å². The summed E-state index contributed by atoms with van der Waals surface area (Å²) in [5, 5.41) is 0. The summed E-state index contributed by atoms with van der Waals surface area (Å²) in [6.07, 6.45) is 0. The Kier molecular flexibility index (Phi) is 4.00. The molecule has 0 saturated heterocycles. The van der Waals surface area contributed by atoms with Crippen molar-refractivity contribution in [1.29, 1.82) is 0 Å². The average Bonchev–Trinajstić information content (AvgIpc) is 2.29. The number of carbonyl (C=O) groups is 2. The molecule has 0 unspecified atom stereocenters. The van der Waals surface area contributed by atoms with Crippen molar-refractivity contribution in [2.24, 2.45) is 0 Å². The second kappa shape index (κ2) is 5.12. The smallest absolute Gasteiger partial charge is 0.273 e. The van der Waals surface area contributed by atoms with Crippen molar-refractivity contribution in [2.75, 3.05) is 28.2 Å². The van der Waals surface area contributed by atoms with Crippen LogP contribution in [-0.4, -0.2) is 59.8 Å². The predicted octanol–water partition coefficient (Wildman–Crippen LogP) is 0.497. The SMILES string of the molecule is Cc1nc(C(=O)N(C)C)c(C)nc1C(=O)N(C)C. The van der Waals surface area contributed by atoms with Crippen LogP contribution in [0, 0.1) is 13.8 Å². The molecule has 0 aliphatic heterocycles. The summed E-state index contributed by atoms with van der Waals surface area (Å²) in [6, 6.07) is 0. The van der Waals surface area contributed by atoms with E-state index in [0.29, 0.717) is 11.4 Å². The van der Waals surface area contributed by atoms with E-state index in [2.05, 4.69) is 9.97 Å². The van der Waals surface area contributed by atoms with Crippen LogP contribution in [0.15, 0.2) is 0 Å². The van der Waals surface area contributed by atoms with Gasteiger partial charge in [-0.05, 0) is 13.8 Å². The highest BCUT2D eigenvalue weighted by molar-refractivity contribution is 5.96. The van der Waals surface area contributed by atoms with E-state index in [1.54, 1.807) is 42.0 Å². The van der Waals surface area contributed by atoms with Crippen molar-refractivity contribution < 1.29 is 9.59 Å². The first-order chi connectivity index (χ1) is 8.25. The third-order valence-electron chi connectivity index (χ3n) is 2.46. The van der Waals surface area contributed by atoms with Crippen LogP contribution in [0.4, 0.5) is 0 Å². The Morgan fingerprint density at radius 1 is 0.778 bits per heavy atom. The molecule has 0 fully saturated rings. The van der Waals surface area contributed by atoms with Gasteiger partial charge in [0.1, 0.15) is 11.4 Å². The van der Waals surface area contributed by atoms with Gasteiger partial charge in [-0.1, -0.05) is 0 Å². The molecule has 0 aliphatic carbocycles. The number of hydrogen-bond acceptors (Lipinski definition) is 4. The van der Waals surface area contributed by atoms with Gasteiger partial charge in [-0.3, -0.25) is 9.59 Å². The van der Waals surface area contributed by atoms with E-state index in [-0.39, 0.29) is 23.2 Å². The molecule has 1 heterocycles. The molecular weight excluding hydrogens is 232 g/mol.